The summed E-state index contributed by atoms with van der Waals surface area (Å²) in [4.78, 5) is 0. The topological polar surface area (TPSA) is 58.9 Å². The summed E-state index contributed by atoms with van der Waals surface area (Å²) < 4.78 is 10.9. The van der Waals surface area contributed by atoms with Gasteiger partial charge in [0.15, 0.2) is 0 Å². The van der Waals surface area contributed by atoms with E-state index in [0.29, 0.717) is 12.5 Å². The molecule has 0 amide bonds. The van der Waals surface area contributed by atoms with Crippen LogP contribution in [0.1, 0.15) is 90.9 Å². The van der Waals surface area contributed by atoms with Crippen molar-refractivity contribution in [2.75, 3.05) is 33.0 Å². The van der Waals surface area contributed by atoms with Gasteiger partial charge in [-0.15, -0.1) is 0 Å². The van der Waals surface area contributed by atoms with Crippen LogP contribution in [0.5, 0.6) is 0 Å². The fourth-order valence-corrected chi connectivity index (χ4v) is 3.09. The van der Waals surface area contributed by atoms with Crippen molar-refractivity contribution in [3.05, 3.63) is 0 Å². The Hall–Kier alpha value is -0.160. The van der Waals surface area contributed by atoms with Crippen LogP contribution in [0, 0.1) is 5.92 Å². The zero-order valence-corrected chi connectivity index (χ0v) is 16.9. The van der Waals surface area contributed by atoms with Gasteiger partial charge in [0.1, 0.15) is 6.10 Å². The molecule has 25 heavy (non-hydrogen) atoms. The first-order valence-electron chi connectivity index (χ1n) is 10.7. The van der Waals surface area contributed by atoms with Crippen LogP contribution in [0.2, 0.25) is 0 Å². The van der Waals surface area contributed by atoms with E-state index < -0.39 is 6.10 Å². The quantitative estimate of drug-likeness (QED) is 0.309. The molecule has 152 valence electrons. The van der Waals surface area contributed by atoms with E-state index in [9.17, 15) is 5.11 Å². The normalized spacial score (nSPS) is 13.9. The molecule has 0 aliphatic heterocycles. The second-order valence-electron chi connectivity index (χ2n) is 7.26. The van der Waals surface area contributed by atoms with Crippen molar-refractivity contribution in [3.63, 3.8) is 0 Å². The summed E-state index contributed by atoms with van der Waals surface area (Å²) in [6.07, 6.45) is 15.1. The molecule has 0 aromatic heterocycles. The Balaban J connectivity index is 3.86. The second kappa shape index (κ2) is 20.2. The molecule has 2 unspecified atom stereocenters. The van der Waals surface area contributed by atoms with Crippen molar-refractivity contribution in [2.24, 2.45) is 5.92 Å². The number of aliphatic hydroxyl groups is 2. The summed E-state index contributed by atoms with van der Waals surface area (Å²) in [6, 6.07) is 0. The minimum Gasteiger partial charge on any atom is -0.394 e. The number of hydrogen-bond acceptors (Lipinski definition) is 4. The lowest BCUT2D eigenvalue weighted by molar-refractivity contribution is -0.0327. The van der Waals surface area contributed by atoms with E-state index in [0.717, 1.165) is 6.61 Å². The van der Waals surface area contributed by atoms with Gasteiger partial charge in [0, 0.05) is 6.61 Å². The third-order valence-corrected chi connectivity index (χ3v) is 4.64. The van der Waals surface area contributed by atoms with Gasteiger partial charge in [0.2, 0.25) is 0 Å². The minimum atomic E-state index is -0.596. The molecule has 4 nitrogen and oxygen atoms in total. The van der Waals surface area contributed by atoms with Crippen molar-refractivity contribution in [1.82, 2.24) is 0 Å². The summed E-state index contributed by atoms with van der Waals surface area (Å²) in [5.74, 6) is 0.619. The Bertz CT molecular complexity index is 248. The largest absolute Gasteiger partial charge is 0.394 e. The van der Waals surface area contributed by atoms with E-state index in [1.807, 2.05) is 0 Å². The number of hydrogen-bond donors (Lipinski definition) is 2. The number of aliphatic hydroxyl groups excluding tert-OH is 2. The van der Waals surface area contributed by atoms with Crippen LogP contribution in [-0.2, 0) is 9.47 Å². The standard InChI is InChI=1S/C21H44O4/c1-3-5-7-9-10-12-14-20(13-11-8-6-4-2)17-25-19-21(23)18-24-16-15-22/h20-23H,3-19H2,1-2H3. The average Bonchev–Trinajstić information content (AvgIpc) is 2.61. The first-order valence-corrected chi connectivity index (χ1v) is 10.7. The Labute approximate surface area is 156 Å². The van der Waals surface area contributed by atoms with Gasteiger partial charge in [-0.05, 0) is 18.8 Å². The predicted molar refractivity (Wildman–Crippen MR) is 105 cm³/mol. The molecule has 0 aromatic carbocycles. The molecule has 0 saturated heterocycles. The number of rotatable bonds is 20. The number of ether oxygens (including phenoxy) is 2. The zero-order chi connectivity index (χ0) is 18.6. The molecule has 0 spiro atoms. The molecule has 0 rings (SSSR count). The van der Waals surface area contributed by atoms with Gasteiger partial charge >= 0.3 is 0 Å². The molecule has 0 bridgehead atoms. The lowest BCUT2D eigenvalue weighted by Crippen LogP contribution is -2.24. The van der Waals surface area contributed by atoms with E-state index in [4.69, 9.17) is 14.6 Å². The fraction of sp³-hybridized carbons (Fsp3) is 1.00. The van der Waals surface area contributed by atoms with Crippen molar-refractivity contribution in [3.8, 4) is 0 Å². The molecule has 4 heteroatoms. The second-order valence-corrected chi connectivity index (χ2v) is 7.26. The molecule has 2 atom stereocenters. The highest BCUT2D eigenvalue weighted by molar-refractivity contribution is 4.61. The first-order chi connectivity index (χ1) is 12.2. The van der Waals surface area contributed by atoms with E-state index >= 15 is 0 Å². The van der Waals surface area contributed by atoms with Gasteiger partial charge in [-0.2, -0.15) is 0 Å². The van der Waals surface area contributed by atoms with Crippen LogP contribution in [0.15, 0.2) is 0 Å². The lowest BCUT2D eigenvalue weighted by atomic mass is 9.95. The third kappa shape index (κ3) is 18.4. The van der Waals surface area contributed by atoms with Crippen molar-refractivity contribution in [2.45, 2.75) is 97.0 Å². The van der Waals surface area contributed by atoms with Gasteiger partial charge in [-0.25, -0.2) is 0 Å². The maximum absolute atomic E-state index is 9.80. The van der Waals surface area contributed by atoms with E-state index in [2.05, 4.69) is 13.8 Å². The molecule has 0 aliphatic carbocycles. The van der Waals surface area contributed by atoms with Gasteiger partial charge in [-0.3, -0.25) is 0 Å². The maximum Gasteiger partial charge on any atom is 0.101 e. The highest BCUT2D eigenvalue weighted by Crippen LogP contribution is 2.19. The molecule has 0 saturated carbocycles. The van der Waals surface area contributed by atoms with Crippen LogP contribution in [0.4, 0.5) is 0 Å². The van der Waals surface area contributed by atoms with Crippen LogP contribution >= 0.6 is 0 Å². The fourth-order valence-electron chi connectivity index (χ4n) is 3.09. The Morgan fingerprint density at radius 2 is 1.20 bits per heavy atom. The van der Waals surface area contributed by atoms with E-state index in [1.54, 1.807) is 0 Å². The predicted octanol–water partition coefficient (Wildman–Crippen LogP) is 4.71. The summed E-state index contributed by atoms with van der Waals surface area (Å²) in [6.45, 7) is 6.08. The van der Waals surface area contributed by atoms with E-state index in [-0.39, 0.29) is 19.8 Å². The zero-order valence-electron chi connectivity index (χ0n) is 16.9. The monoisotopic (exact) mass is 360 g/mol. The lowest BCUT2D eigenvalue weighted by Gasteiger charge is -2.19. The van der Waals surface area contributed by atoms with Gasteiger partial charge in [0.05, 0.1) is 26.4 Å². The van der Waals surface area contributed by atoms with Gasteiger partial charge in [-0.1, -0.05) is 78.1 Å². The Morgan fingerprint density at radius 3 is 1.80 bits per heavy atom. The molecule has 0 heterocycles. The maximum atomic E-state index is 9.80. The molecular formula is C21H44O4. The smallest absolute Gasteiger partial charge is 0.101 e. The summed E-state index contributed by atoms with van der Waals surface area (Å²) in [5, 5.41) is 18.5. The average molecular weight is 361 g/mol. The Morgan fingerprint density at radius 1 is 0.680 bits per heavy atom. The summed E-state index contributed by atoms with van der Waals surface area (Å²) in [5.41, 5.74) is 0. The van der Waals surface area contributed by atoms with Gasteiger partial charge < -0.3 is 19.7 Å². The highest BCUT2D eigenvalue weighted by Gasteiger charge is 2.11. The molecular weight excluding hydrogens is 316 g/mol. The van der Waals surface area contributed by atoms with Crippen molar-refractivity contribution >= 4 is 0 Å². The Kier molecular flexibility index (Phi) is 20.0. The first kappa shape index (κ1) is 24.8. The third-order valence-electron chi connectivity index (χ3n) is 4.64. The summed E-state index contributed by atoms with van der Waals surface area (Å²) >= 11 is 0. The molecule has 0 radical (unpaired) electrons. The highest BCUT2D eigenvalue weighted by atomic mass is 16.5. The number of unbranched alkanes of at least 4 members (excludes halogenated alkanes) is 8. The molecule has 2 N–H and O–H groups in total. The minimum absolute atomic E-state index is 0.00827. The summed E-state index contributed by atoms with van der Waals surface area (Å²) in [7, 11) is 0. The van der Waals surface area contributed by atoms with Gasteiger partial charge in [0.25, 0.3) is 0 Å². The van der Waals surface area contributed by atoms with Crippen LogP contribution in [-0.4, -0.2) is 49.4 Å². The van der Waals surface area contributed by atoms with Crippen LogP contribution in [0.25, 0.3) is 0 Å². The van der Waals surface area contributed by atoms with Crippen LogP contribution in [0.3, 0.4) is 0 Å². The van der Waals surface area contributed by atoms with Crippen molar-refractivity contribution in [1.29, 1.82) is 0 Å². The molecule has 0 aliphatic rings. The van der Waals surface area contributed by atoms with Crippen LogP contribution < -0.4 is 0 Å². The SMILES string of the molecule is CCCCCCCCC(CCCCCC)COCC(O)COCCO. The molecule has 0 aromatic rings. The molecule has 0 fully saturated rings. The van der Waals surface area contributed by atoms with Crippen molar-refractivity contribution < 1.29 is 19.7 Å². The van der Waals surface area contributed by atoms with E-state index in [1.165, 1.54) is 77.0 Å².